The van der Waals surface area contributed by atoms with Gasteiger partial charge in [0.2, 0.25) is 0 Å². The molecule has 1 heteroatoms. The van der Waals surface area contributed by atoms with E-state index < -0.39 is 0 Å². The summed E-state index contributed by atoms with van der Waals surface area (Å²) in [5.41, 5.74) is 19.8. The molecule has 77 heavy (non-hydrogen) atoms. The quantitative estimate of drug-likeness (QED) is 0.105. The van der Waals surface area contributed by atoms with Crippen LogP contribution < -0.4 is 0 Å². The van der Waals surface area contributed by atoms with E-state index in [4.69, 9.17) is 0 Å². The van der Waals surface area contributed by atoms with Crippen molar-refractivity contribution in [2.24, 2.45) is 0 Å². The average molecular weight is 1040 g/mol. The van der Waals surface area contributed by atoms with Gasteiger partial charge in [0.15, 0.2) is 0 Å². The molecule has 0 aliphatic heterocycles. The molecule has 1 aromatic heterocycles. The van der Waals surface area contributed by atoms with E-state index in [0.717, 1.165) is 0 Å². The first-order valence-corrected chi connectivity index (χ1v) is 28.3. The number of rotatable bonds is 8. The van der Waals surface area contributed by atoms with Gasteiger partial charge in [0.25, 0.3) is 0 Å². The minimum Gasteiger partial charge on any atom is -0.0617 e. The summed E-state index contributed by atoms with van der Waals surface area (Å²) in [6.07, 6.45) is 0. The van der Waals surface area contributed by atoms with Crippen molar-refractivity contribution in [1.82, 2.24) is 0 Å². The predicted molar refractivity (Wildman–Crippen MR) is 332 cm³/mol. The van der Waals surface area contributed by atoms with Gasteiger partial charge in [-0.2, -0.15) is 0 Å². The Morgan fingerprint density at radius 3 is 0.831 bits per heavy atom. The molecule has 14 aromatic carbocycles. The molecule has 15 rings (SSSR count). The van der Waals surface area contributed by atoms with E-state index in [1.54, 1.807) is 0 Å². The minimum absolute atomic E-state index is 0.0456. The van der Waals surface area contributed by atoms with Gasteiger partial charge in [0.05, 0.1) is 0 Å². The molecule has 0 N–H and O–H groups in total. The van der Waals surface area contributed by atoms with Crippen LogP contribution >= 0.6 is 0 Å². The summed E-state index contributed by atoms with van der Waals surface area (Å²) in [6, 6.07) is 108. The zero-order valence-electron chi connectivity index (χ0n) is 42.1. The number of fused-ring (bicyclic) bond motifs is 7. The standard InChI is InChI=1S/C76H48Se/c1-5-22-49(23-6-1)54-42-55(50-24-7-2-8-25-50)45-58(44-54)73-63-32-15-13-30-61(63)72(62-31-14-16-33-64(62)73)53-40-41-60-69-38-21-39-70(76(69)77-71(60)48-53)75-67-36-19-17-34-65(67)74(66-35-18-20-37-68(66)75)59-46-56(51-26-9-3-10-27-51)43-57(47-59)52-28-11-4-12-29-52/h1-48H. The van der Waals surface area contributed by atoms with Crippen LogP contribution in [0.4, 0.5) is 0 Å². The molecular formula is C76H48Se. The van der Waals surface area contributed by atoms with Crippen molar-refractivity contribution in [2.45, 2.75) is 0 Å². The molecule has 0 bridgehead atoms. The summed E-state index contributed by atoms with van der Waals surface area (Å²) in [5, 5.41) is 12.8. The van der Waals surface area contributed by atoms with Crippen molar-refractivity contribution in [3.63, 3.8) is 0 Å². The van der Waals surface area contributed by atoms with E-state index in [9.17, 15) is 0 Å². The fraction of sp³-hybridized carbons (Fsp3) is 0. The molecule has 0 unspecified atom stereocenters. The predicted octanol–water partition coefficient (Wildman–Crippen LogP) is 21.0. The van der Waals surface area contributed by atoms with Crippen molar-refractivity contribution in [3.8, 4) is 89.0 Å². The van der Waals surface area contributed by atoms with E-state index in [1.165, 1.54) is 151 Å². The van der Waals surface area contributed by atoms with E-state index >= 15 is 0 Å². The molecule has 0 fully saturated rings. The summed E-state index contributed by atoms with van der Waals surface area (Å²) >= 11 is 0.0456. The fourth-order valence-corrected chi connectivity index (χ4v) is 15.0. The van der Waals surface area contributed by atoms with Gasteiger partial charge in [-0.3, -0.25) is 0 Å². The first-order chi connectivity index (χ1) is 38.2. The first kappa shape index (κ1) is 45.1. The van der Waals surface area contributed by atoms with Gasteiger partial charge < -0.3 is 0 Å². The van der Waals surface area contributed by atoms with Crippen LogP contribution in [0.1, 0.15) is 0 Å². The Hall–Kier alpha value is -9.36. The van der Waals surface area contributed by atoms with Crippen LogP contribution in [0.5, 0.6) is 0 Å². The summed E-state index contributed by atoms with van der Waals surface area (Å²) < 4.78 is 2.87. The third kappa shape index (κ3) is 7.74. The van der Waals surface area contributed by atoms with Crippen molar-refractivity contribution in [2.75, 3.05) is 0 Å². The SMILES string of the molecule is c1ccc(-c2cc(-c3ccccc3)cc(-c3c4ccccc4c(-c4ccc5c(c4)[se]c4c(-c6c7ccccc7c(-c7cc(-c8ccccc8)cc(-c8ccccc8)c7)c7ccccc67)cccc45)c4ccccc34)c2)cc1. The zero-order valence-corrected chi connectivity index (χ0v) is 43.8. The van der Waals surface area contributed by atoms with Crippen molar-refractivity contribution >= 4 is 76.9 Å². The first-order valence-electron chi connectivity index (χ1n) is 26.6. The van der Waals surface area contributed by atoms with Gasteiger partial charge >= 0.3 is 409 Å². The van der Waals surface area contributed by atoms with Crippen LogP contribution in [0.15, 0.2) is 291 Å². The molecule has 1 heterocycles. The maximum atomic E-state index is 2.53. The van der Waals surface area contributed by atoms with Gasteiger partial charge in [-0.15, -0.1) is 0 Å². The molecule has 358 valence electrons. The second kappa shape index (κ2) is 18.8. The van der Waals surface area contributed by atoms with Crippen LogP contribution in [0.25, 0.3) is 151 Å². The Kier molecular flexibility index (Phi) is 11.0. The molecule has 0 radical (unpaired) electrons. The van der Waals surface area contributed by atoms with Gasteiger partial charge in [-0.25, -0.2) is 0 Å². The molecule has 0 aliphatic rings. The second-order valence-electron chi connectivity index (χ2n) is 20.2. The topological polar surface area (TPSA) is 0 Å². The van der Waals surface area contributed by atoms with Crippen molar-refractivity contribution in [3.05, 3.63) is 291 Å². The van der Waals surface area contributed by atoms with E-state index in [0.29, 0.717) is 0 Å². The van der Waals surface area contributed by atoms with Gasteiger partial charge in [0, 0.05) is 0 Å². The summed E-state index contributed by atoms with van der Waals surface area (Å²) in [6.45, 7) is 0. The summed E-state index contributed by atoms with van der Waals surface area (Å²) in [7, 11) is 0. The van der Waals surface area contributed by atoms with Crippen LogP contribution in [0.2, 0.25) is 0 Å². The monoisotopic (exact) mass is 1040 g/mol. The maximum absolute atomic E-state index is 2.53. The third-order valence-corrected chi connectivity index (χ3v) is 18.3. The Morgan fingerprint density at radius 2 is 0.468 bits per heavy atom. The number of hydrogen-bond donors (Lipinski definition) is 0. The Labute approximate surface area is 454 Å². The Morgan fingerprint density at radius 1 is 0.169 bits per heavy atom. The third-order valence-electron chi connectivity index (χ3n) is 15.8. The van der Waals surface area contributed by atoms with E-state index in [1.807, 2.05) is 0 Å². The zero-order chi connectivity index (χ0) is 50.8. The number of hydrogen-bond acceptors (Lipinski definition) is 0. The summed E-state index contributed by atoms with van der Waals surface area (Å²) in [4.78, 5) is 0. The second-order valence-corrected chi connectivity index (χ2v) is 22.4. The van der Waals surface area contributed by atoms with Crippen LogP contribution in [0, 0.1) is 0 Å². The molecule has 0 saturated heterocycles. The fourth-order valence-electron chi connectivity index (χ4n) is 12.4. The number of benzene rings is 14. The van der Waals surface area contributed by atoms with Gasteiger partial charge in [0.1, 0.15) is 0 Å². The molecular weight excluding hydrogens is 992 g/mol. The van der Waals surface area contributed by atoms with E-state index in [-0.39, 0.29) is 14.5 Å². The molecule has 0 nitrogen and oxygen atoms in total. The van der Waals surface area contributed by atoms with Gasteiger partial charge in [-0.05, 0) is 0 Å². The Balaban J connectivity index is 0.920. The molecule has 15 aromatic rings. The van der Waals surface area contributed by atoms with Crippen LogP contribution in [-0.4, -0.2) is 14.5 Å². The van der Waals surface area contributed by atoms with Crippen molar-refractivity contribution in [1.29, 1.82) is 0 Å². The average Bonchev–Trinajstić information content (AvgIpc) is 3.96. The minimum atomic E-state index is 0.0456. The van der Waals surface area contributed by atoms with Crippen LogP contribution in [-0.2, 0) is 0 Å². The summed E-state index contributed by atoms with van der Waals surface area (Å²) in [5.74, 6) is 0. The van der Waals surface area contributed by atoms with Gasteiger partial charge in [-0.1, -0.05) is 48.5 Å². The molecule has 0 atom stereocenters. The molecule has 0 saturated carbocycles. The van der Waals surface area contributed by atoms with Crippen molar-refractivity contribution < 1.29 is 0 Å². The van der Waals surface area contributed by atoms with E-state index in [2.05, 4.69) is 291 Å². The van der Waals surface area contributed by atoms with Crippen LogP contribution in [0.3, 0.4) is 0 Å². The Bertz CT molecular complexity index is 4530. The smallest absolute Gasteiger partial charge is 0.0617 e. The normalized spacial score (nSPS) is 11.6. The molecule has 0 spiro atoms. The molecule has 0 amide bonds. The molecule has 0 aliphatic carbocycles.